The summed E-state index contributed by atoms with van der Waals surface area (Å²) in [5.74, 6) is 0.123. The molecule has 0 aromatic heterocycles. The summed E-state index contributed by atoms with van der Waals surface area (Å²) in [6.45, 7) is 3.56. The van der Waals surface area contributed by atoms with Gasteiger partial charge in [-0.25, -0.2) is 4.39 Å². The molecule has 0 heterocycles. The van der Waals surface area contributed by atoms with Crippen LogP contribution in [0.3, 0.4) is 0 Å². The van der Waals surface area contributed by atoms with Crippen molar-refractivity contribution in [3.05, 3.63) is 29.1 Å². The van der Waals surface area contributed by atoms with Gasteiger partial charge in [-0.1, -0.05) is 6.92 Å². The SMILES string of the molecule is CCc1c(OC)cc(F)cc1C(C)O. The monoisotopic (exact) mass is 198 g/mol. The highest BCUT2D eigenvalue weighted by molar-refractivity contribution is 5.41. The Bertz CT molecular complexity index is 321. The van der Waals surface area contributed by atoms with E-state index in [4.69, 9.17) is 4.74 Å². The second-order valence-electron chi connectivity index (χ2n) is 3.21. The molecule has 0 spiro atoms. The van der Waals surface area contributed by atoms with Crippen LogP contribution >= 0.6 is 0 Å². The lowest BCUT2D eigenvalue weighted by molar-refractivity contribution is 0.197. The van der Waals surface area contributed by atoms with Gasteiger partial charge in [-0.2, -0.15) is 0 Å². The van der Waals surface area contributed by atoms with Crippen molar-refractivity contribution in [2.24, 2.45) is 0 Å². The normalized spacial score (nSPS) is 12.6. The molecule has 0 aliphatic heterocycles. The third-order valence-electron chi connectivity index (χ3n) is 2.23. The molecule has 1 N–H and O–H groups in total. The number of halogens is 1. The van der Waals surface area contributed by atoms with Gasteiger partial charge >= 0.3 is 0 Å². The third-order valence-corrected chi connectivity index (χ3v) is 2.23. The molecule has 0 fully saturated rings. The molecule has 0 saturated carbocycles. The van der Waals surface area contributed by atoms with Crippen LogP contribution in [-0.2, 0) is 6.42 Å². The Kier molecular flexibility index (Phi) is 3.47. The zero-order valence-corrected chi connectivity index (χ0v) is 8.67. The molecule has 2 nitrogen and oxygen atoms in total. The largest absolute Gasteiger partial charge is 0.496 e. The second-order valence-corrected chi connectivity index (χ2v) is 3.21. The van der Waals surface area contributed by atoms with E-state index >= 15 is 0 Å². The van der Waals surface area contributed by atoms with Gasteiger partial charge in [0.15, 0.2) is 0 Å². The maximum atomic E-state index is 13.1. The zero-order chi connectivity index (χ0) is 10.7. The average Bonchev–Trinajstić information content (AvgIpc) is 2.16. The minimum atomic E-state index is -0.672. The molecule has 0 aliphatic carbocycles. The van der Waals surface area contributed by atoms with Crippen molar-refractivity contribution < 1.29 is 14.2 Å². The number of aliphatic hydroxyl groups is 1. The van der Waals surface area contributed by atoms with E-state index in [1.807, 2.05) is 6.92 Å². The summed E-state index contributed by atoms with van der Waals surface area (Å²) < 4.78 is 18.2. The van der Waals surface area contributed by atoms with E-state index in [0.29, 0.717) is 17.7 Å². The van der Waals surface area contributed by atoms with Crippen molar-refractivity contribution in [2.45, 2.75) is 26.4 Å². The maximum Gasteiger partial charge on any atom is 0.127 e. The highest BCUT2D eigenvalue weighted by Crippen LogP contribution is 2.28. The first-order chi connectivity index (χ1) is 6.60. The van der Waals surface area contributed by atoms with Crippen LogP contribution in [0.4, 0.5) is 4.39 Å². The van der Waals surface area contributed by atoms with Gasteiger partial charge in [-0.05, 0) is 30.5 Å². The van der Waals surface area contributed by atoms with E-state index in [9.17, 15) is 9.50 Å². The highest BCUT2D eigenvalue weighted by atomic mass is 19.1. The number of aliphatic hydroxyl groups excluding tert-OH is 1. The molecule has 1 aromatic carbocycles. The van der Waals surface area contributed by atoms with Crippen molar-refractivity contribution >= 4 is 0 Å². The van der Waals surface area contributed by atoms with Crippen LogP contribution in [0, 0.1) is 5.82 Å². The molecular weight excluding hydrogens is 183 g/mol. The summed E-state index contributed by atoms with van der Waals surface area (Å²) in [6.07, 6.45) is 0.0403. The summed E-state index contributed by atoms with van der Waals surface area (Å²) >= 11 is 0. The van der Waals surface area contributed by atoms with Crippen LogP contribution in [-0.4, -0.2) is 12.2 Å². The number of methoxy groups -OCH3 is 1. The standard InChI is InChI=1S/C11H15FO2/c1-4-9-10(7(2)13)5-8(12)6-11(9)14-3/h5-7,13H,4H2,1-3H3. The Balaban J connectivity index is 3.31. The van der Waals surface area contributed by atoms with Gasteiger partial charge in [0.25, 0.3) is 0 Å². The molecular formula is C11H15FO2. The van der Waals surface area contributed by atoms with E-state index in [0.717, 1.165) is 5.56 Å². The molecule has 3 heteroatoms. The Morgan fingerprint density at radius 1 is 1.50 bits per heavy atom. The first-order valence-electron chi connectivity index (χ1n) is 4.64. The van der Waals surface area contributed by atoms with Crippen molar-refractivity contribution in [2.75, 3.05) is 7.11 Å². The summed E-state index contributed by atoms with van der Waals surface area (Å²) in [5, 5.41) is 9.46. The summed E-state index contributed by atoms with van der Waals surface area (Å²) in [5.41, 5.74) is 1.47. The Hall–Kier alpha value is -1.09. The summed E-state index contributed by atoms with van der Waals surface area (Å²) in [4.78, 5) is 0. The van der Waals surface area contributed by atoms with Gasteiger partial charge in [-0.3, -0.25) is 0 Å². The van der Waals surface area contributed by atoms with Crippen LogP contribution in [0.2, 0.25) is 0 Å². The molecule has 1 rings (SSSR count). The predicted octanol–water partition coefficient (Wildman–Crippen LogP) is 2.45. The lowest BCUT2D eigenvalue weighted by atomic mass is 10.00. The fourth-order valence-electron chi connectivity index (χ4n) is 1.57. The molecule has 0 amide bonds. The van der Waals surface area contributed by atoms with Gasteiger partial charge in [-0.15, -0.1) is 0 Å². The lowest BCUT2D eigenvalue weighted by Gasteiger charge is -2.14. The van der Waals surface area contributed by atoms with E-state index in [-0.39, 0.29) is 5.82 Å². The number of ether oxygens (including phenoxy) is 1. The topological polar surface area (TPSA) is 29.5 Å². The highest BCUT2D eigenvalue weighted by Gasteiger charge is 2.13. The first kappa shape index (κ1) is 11.0. The van der Waals surface area contributed by atoms with E-state index in [2.05, 4.69) is 0 Å². The van der Waals surface area contributed by atoms with Crippen LogP contribution in [0.15, 0.2) is 12.1 Å². The first-order valence-corrected chi connectivity index (χ1v) is 4.64. The fraction of sp³-hybridized carbons (Fsp3) is 0.455. The molecule has 0 bridgehead atoms. The number of rotatable bonds is 3. The van der Waals surface area contributed by atoms with Crippen LogP contribution in [0.1, 0.15) is 31.1 Å². The van der Waals surface area contributed by atoms with Gasteiger partial charge < -0.3 is 9.84 Å². The third kappa shape index (κ3) is 2.04. The van der Waals surface area contributed by atoms with Gasteiger partial charge in [0.05, 0.1) is 13.2 Å². The fourth-order valence-corrected chi connectivity index (χ4v) is 1.57. The Labute approximate surface area is 83.3 Å². The van der Waals surface area contributed by atoms with Crippen LogP contribution < -0.4 is 4.74 Å². The molecule has 0 aliphatic rings. The van der Waals surface area contributed by atoms with E-state index < -0.39 is 6.10 Å². The smallest absolute Gasteiger partial charge is 0.127 e. The van der Waals surface area contributed by atoms with Crippen molar-refractivity contribution in [1.29, 1.82) is 0 Å². The Morgan fingerprint density at radius 3 is 2.57 bits per heavy atom. The minimum absolute atomic E-state index is 0.380. The van der Waals surface area contributed by atoms with Crippen molar-refractivity contribution in [1.82, 2.24) is 0 Å². The number of benzene rings is 1. The molecule has 0 radical (unpaired) electrons. The lowest BCUT2D eigenvalue weighted by Crippen LogP contribution is -2.02. The number of hydrogen-bond acceptors (Lipinski definition) is 2. The minimum Gasteiger partial charge on any atom is -0.496 e. The Morgan fingerprint density at radius 2 is 2.14 bits per heavy atom. The quantitative estimate of drug-likeness (QED) is 0.808. The van der Waals surface area contributed by atoms with Crippen molar-refractivity contribution in [3.63, 3.8) is 0 Å². The molecule has 0 saturated heterocycles. The van der Waals surface area contributed by atoms with E-state index in [1.165, 1.54) is 19.2 Å². The summed E-state index contributed by atoms with van der Waals surface area (Å²) in [6, 6.07) is 2.69. The van der Waals surface area contributed by atoms with Crippen molar-refractivity contribution in [3.8, 4) is 5.75 Å². The second kappa shape index (κ2) is 4.42. The van der Waals surface area contributed by atoms with Gasteiger partial charge in [0.1, 0.15) is 11.6 Å². The zero-order valence-electron chi connectivity index (χ0n) is 8.67. The molecule has 78 valence electrons. The molecule has 1 atom stereocenters. The molecule has 1 unspecified atom stereocenters. The molecule has 1 aromatic rings. The number of hydrogen-bond donors (Lipinski definition) is 1. The van der Waals surface area contributed by atoms with Gasteiger partial charge in [0.2, 0.25) is 0 Å². The van der Waals surface area contributed by atoms with Crippen LogP contribution in [0.25, 0.3) is 0 Å². The van der Waals surface area contributed by atoms with Crippen LogP contribution in [0.5, 0.6) is 5.75 Å². The van der Waals surface area contributed by atoms with Gasteiger partial charge in [0, 0.05) is 6.07 Å². The predicted molar refractivity (Wildman–Crippen MR) is 53.0 cm³/mol. The summed E-state index contributed by atoms with van der Waals surface area (Å²) in [7, 11) is 1.50. The maximum absolute atomic E-state index is 13.1. The average molecular weight is 198 g/mol. The van der Waals surface area contributed by atoms with E-state index in [1.54, 1.807) is 6.92 Å². The molecule has 14 heavy (non-hydrogen) atoms.